The van der Waals surface area contributed by atoms with Crippen molar-refractivity contribution in [3.63, 3.8) is 0 Å². The summed E-state index contributed by atoms with van der Waals surface area (Å²) >= 11 is 0. The Morgan fingerprint density at radius 1 is 1.35 bits per heavy atom. The zero-order valence-corrected chi connectivity index (χ0v) is 12.7. The number of piperidine rings is 1. The molecule has 20 heavy (non-hydrogen) atoms. The highest BCUT2D eigenvalue weighted by Gasteiger charge is 2.30. The van der Waals surface area contributed by atoms with Gasteiger partial charge in [-0.05, 0) is 24.7 Å². The minimum absolute atomic E-state index is 0.327. The van der Waals surface area contributed by atoms with Gasteiger partial charge in [-0.2, -0.15) is 4.98 Å². The summed E-state index contributed by atoms with van der Waals surface area (Å²) in [5.74, 6) is 0.635. The Balaban J connectivity index is 2.08. The third kappa shape index (κ3) is 3.38. The number of nitrogens with one attached hydrogen (secondary N) is 1. The van der Waals surface area contributed by atoms with Gasteiger partial charge in [0.1, 0.15) is 0 Å². The van der Waals surface area contributed by atoms with Crippen molar-refractivity contribution in [3.05, 3.63) is 12.0 Å². The van der Waals surface area contributed by atoms with Gasteiger partial charge in [-0.25, -0.2) is 9.37 Å². The standard InChI is InChI=1S/C15H25FN4/c1-4-8-17-14-18-11-12(16)13(19-14)20-9-6-15(3,5-2)7-10-20/h11H,4-10H2,1-3H3,(H,17,18,19). The first-order valence-corrected chi connectivity index (χ1v) is 7.59. The predicted octanol–water partition coefficient (Wildman–Crippen LogP) is 3.45. The predicted molar refractivity (Wildman–Crippen MR) is 80.6 cm³/mol. The lowest BCUT2D eigenvalue weighted by Crippen LogP contribution is -2.39. The van der Waals surface area contributed by atoms with Crippen molar-refractivity contribution >= 4 is 11.8 Å². The zero-order valence-electron chi connectivity index (χ0n) is 12.7. The van der Waals surface area contributed by atoms with E-state index >= 15 is 0 Å². The van der Waals surface area contributed by atoms with E-state index in [9.17, 15) is 4.39 Å². The molecule has 4 nitrogen and oxygen atoms in total. The summed E-state index contributed by atoms with van der Waals surface area (Å²) in [6.45, 7) is 9.16. The Hall–Kier alpha value is -1.39. The first-order valence-electron chi connectivity index (χ1n) is 7.59. The number of hydrogen-bond acceptors (Lipinski definition) is 4. The molecule has 1 N–H and O–H groups in total. The van der Waals surface area contributed by atoms with Crippen LogP contribution < -0.4 is 10.2 Å². The van der Waals surface area contributed by atoms with Crippen LogP contribution in [-0.4, -0.2) is 29.6 Å². The molecule has 2 rings (SSSR count). The minimum Gasteiger partial charge on any atom is -0.354 e. The summed E-state index contributed by atoms with van der Waals surface area (Å²) < 4.78 is 14.0. The SMILES string of the molecule is CCCNc1ncc(F)c(N2CCC(C)(CC)CC2)n1. The Morgan fingerprint density at radius 3 is 2.65 bits per heavy atom. The highest BCUT2D eigenvalue weighted by Crippen LogP contribution is 2.35. The van der Waals surface area contributed by atoms with Gasteiger partial charge in [0.15, 0.2) is 11.6 Å². The van der Waals surface area contributed by atoms with Crippen LogP contribution in [0.3, 0.4) is 0 Å². The van der Waals surface area contributed by atoms with Crippen molar-refractivity contribution in [2.45, 2.75) is 46.5 Å². The number of aromatic nitrogens is 2. The van der Waals surface area contributed by atoms with E-state index in [1.165, 1.54) is 12.6 Å². The topological polar surface area (TPSA) is 41.1 Å². The molecule has 0 unspecified atom stereocenters. The zero-order chi connectivity index (χ0) is 14.6. The monoisotopic (exact) mass is 280 g/mol. The average molecular weight is 280 g/mol. The summed E-state index contributed by atoms with van der Waals surface area (Å²) in [5.41, 5.74) is 0.392. The minimum atomic E-state index is -0.327. The van der Waals surface area contributed by atoms with Gasteiger partial charge in [-0.15, -0.1) is 0 Å². The molecule has 0 radical (unpaired) electrons. The summed E-state index contributed by atoms with van der Waals surface area (Å²) in [5, 5.41) is 3.11. The second-order valence-electron chi connectivity index (χ2n) is 5.94. The van der Waals surface area contributed by atoms with Crippen molar-refractivity contribution in [1.29, 1.82) is 0 Å². The van der Waals surface area contributed by atoms with Gasteiger partial charge < -0.3 is 10.2 Å². The van der Waals surface area contributed by atoms with E-state index in [4.69, 9.17) is 0 Å². The van der Waals surface area contributed by atoms with Crippen molar-refractivity contribution < 1.29 is 4.39 Å². The largest absolute Gasteiger partial charge is 0.354 e. The third-order valence-electron chi connectivity index (χ3n) is 4.38. The van der Waals surface area contributed by atoms with E-state index in [1.807, 2.05) is 4.90 Å². The van der Waals surface area contributed by atoms with Crippen LogP contribution in [0.4, 0.5) is 16.2 Å². The Kier molecular flexibility index (Phi) is 4.78. The number of rotatable bonds is 5. The third-order valence-corrected chi connectivity index (χ3v) is 4.38. The summed E-state index contributed by atoms with van der Waals surface area (Å²) in [7, 11) is 0. The fourth-order valence-electron chi connectivity index (χ4n) is 2.51. The molecule has 0 aliphatic carbocycles. The lowest BCUT2D eigenvalue weighted by atomic mass is 9.78. The van der Waals surface area contributed by atoms with E-state index in [1.54, 1.807) is 0 Å². The first kappa shape index (κ1) is 15.0. The van der Waals surface area contributed by atoms with E-state index < -0.39 is 0 Å². The van der Waals surface area contributed by atoms with Crippen molar-refractivity contribution in [1.82, 2.24) is 9.97 Å². The highest BCUT2D eigenvalue weighted by molar-refractivity contribution is 5.44. The molecule has 1 aliphatic heterocycles. The molecule has 0 saturated carbocycles. The van der Waals surface area contributed by atoms with Crippen LogP contribution >= 0.6 is 0 Å². The average Bonchev–Trinajstić information content (AvgIpc) is 2.47. The Bertz CT molecular complexity index is 441. The summed E-state index contributed by atoms with van der Waals surface area (Å²) in [6.07, 6.45) is 5.62. The molecule has 1 aromatic rings. The first-order chi connectivity index (χ1) is 9.58. The van der Waals surface area contributed by atoms with E-state index in [0.717, 1.165) is 38.9 Å². The molecule has 0 bridgehead atoms. The van der Waals surface area contributed by atoms with Crippen LogP contribution in [-0.2, 0) is 0 Å². The van der Waals surface area contributed by atoms with Gasteiger partial charge in [0, 0.05) is 19.6 Å². The molecule has 1 saturated heterocycles. The maximum absolute atomic E-state index is 14.0. The van der Waals surface area contributed by atoms with Crippen LogP contribution in [0.2, 0.25) is 0 Å². The van der Waals surface area contributed by atoms with Crippen LogP contribution in [0.15, 0.2) is 6.20 Å². The molecule has 2 heterocycles. The second-order valence-corrected chi connectivity index (χ2v) is 5.94. The molecule has 1 fully saturated rings. The van der Waals surface area contributed by atoms with Crippen LogP contribution in [0.1, 0.15) is 46.5 Å². The Morgan fingerprint density at radius 2 is 2.05 bits per heavy atom. The molecule has 0 atom stereocenters. The van der Waals surface area contributed by atoms with Crippen molar-refractivity contribution in [3.8, 4) is 0 Å². The van der Waals surface area contributed by atoms with Crippen LogP contribution in [0.5, 0.6) is 0 Å². The highest BCUT2D eigenvalue weighted by atomic mass is 19.1. The number of halogens is 1. The molecular formula is C15H25FN4. The number of anilines is 2. The quantitative estimate of drug-likeness (QED) is 0.897. The normalized spacial score (nSPS) is 18.1. The van der Waals surface area contributed by atoms with Gasteiger partial charge in [0.2, 0.25) is 5.95 Å². The maximum Gasteiger partial charge on any atom is 0.224 e. The fourth-order valence-corrected chi connectivity index (χ4v) is 2.51. The number of nitrogens with zero attached hydrogens (tertiary/aromatic N) is 3. The van der Waals surface area contributed by atoms with Crippen molar-refractivity contribution in [2.24, 2.45) is 5.41 Å². The van der Waals surface area contributed by atoms with Gasteiger partial charge in [0.05, 0.1) is 6.20 Å². The van der Waals surface area contributed by atoms with E-state index in [0.29, 0.717) is 17.2 Å². The van der Waals surface area contributed by atoms with Crippen LogP contribution in [0.25, 0.3) is 0 Å². The summed E-state index contributed by atoms with van der Waals surface area (Å²) in [6, 6.07) is 0. The molecule has 112 valence electrons. The molecule has 1 aromatic heterocycles. The molecule has 1 aliphatic rings. The summed E-state index contributed by atoms with van der Waals surface area (Å²) in [4.78, 5) is 10.4. The second kappa shape index (κ2) is 6.37. The lowest BCUT2D eigenvalue weighted by Gasteiger charge is -2.39. The number of hydrogen-bond donors (Lipinski definition) is 1. The molecule has 0 amide bonds. The molecular weight excluding hydrogens is 255 g/mol. The van der Waals surface area contributed by atoms with Gasteiger partial charge in [-0.3, -0.25) is 0 Å². The molecule has 0 spiro atoms. The smallest absolute Gasteiger partial charge is 0.224 e. The maximum atomic E-state index is 14.0. The van der Waals surface area contributed by atoms with Gasteiger partial charge in [-0.1, -0.05) is 27.2 Å². The van der Waals surface area contributed by atoms with Crippen LogP contribution in [0, 0.1) is 11.2 Å². The molecule has 0 aromatic carbocycles. The van der Waals surface area contributed by atoms with Crippen molar-refractivity contribution in [2.75, 3.05) is 29.9 Å². The Labute approximate surface area is 120 Å². The van der Waals surface area contributed by atoms with Gasteiger partial charge in [0.25, 0.3) is 0 Å². The van der Waals surface area contributed by atoms with Gasteiger partial charge >= 0.3 is 0 Å². The lowest BCUT2D eigenvalue weighted by molar-refractivity contribution is 0.237. The molecule has 5 heteroatoms. The van der Waals surface area contributed by atoms with E-state index in [2.05, 4.69) is 36.1 Å². The fraction of sp³-hybridized carbons (Fsp3) is 0.733. The van der Waals surface area contributed by atoms with E-state index in [-0.39, 0.29) is 5.82 Å².